The van der Waals surface area contributed by atoms with E-state index in [2.05, 4.69) is 0 Å². The standard InChI is InChI=1S/C14H19FN2O2/c1-9-12(15)6-10(7-13(9)16)14(19)17-5-3-2-4-11(17)8-18/h6-7,11,18H,2-5,8,16H2,1H3. The van der Waals surface area contributed by atoms with E-state index in [4.69, 9.17) is 5.73 Å². The fourth-order valence-corrected chi connectivity index (χ4v) is 2.45. The Morgan fingerprint density at radius 1 is 1.53 bits per heavy atom. The van der Waals surface area contributed by atoms with Gasteiger partial charge in [-0.1, -0.05) is 0 Å². The highest BCUT2D eigenvalue weighted by atomic mass is 19.1. The lowest BCUT2D eigenvalue weighted by molar-refractivity contribution is 0.0502. The van der Waals surface area contributed by atoms with Gasteiger partial charge in [-0.3, -0.25) is 4.79 Å². The Morgan fingerprint density at radius 2 is 2.26 bits per heavy atom. The fourth-order valence-electron chi connectivity index (χ4n) is 2.45. The average molecular weight is 266 g/mol. The summed E-state index contributed by atoms with van der Waals surface area (Å²) in [6, 6.07) is 2.55. The Balaban J connectivity index is 2.28. The van der Waals surface area contributed by atoms with E-state index in [1.807, 2.05) is 0 Å². The van der Waals surface area contributed by atoms with Crippen molar-refractivity contribution in [3.05, 3.63) is 29.1 Å². The molecule has 0 saturated carbocycles. The molecule has 1 heterocycles. The Hall–Kier alpha value is -1.62. The molecule has 104 valence electrons. The summed E-state index contributed by atoms with van der Waals surface area (Å²) in [4.78, 5) is 14.0. The van der Waals surface area contributed by atoms with Crippen molar-refractivity contribution in [2.24, 2.45) is 0 Å². The number of nitrogen functional groups attached to an aromatic ring is 1. The number of rotatable bonds is 2. The molecule has 1 aliphatic rings. The van der Waals surface area contributed by atoms with Crippen LogP contribution < -0.4 is 5.73 Å². The molecular weight excluding hydrogens is 247 g/mol. The maximum absolute atomic E-state index is 13.6. The fraction of sp³-hybridized carbons (Fsp3) is 0.500. The van der Waals surface area contributed by atoms with E-state index in [0.29, 0.717) is 12.1 Å². The maximum Gasteiger partial charge on any atom is 0.254 e. The van der Waals surface area contributed by atoms with Crippen LogP contribution >= 0.6 is 0 Å². The van der Waals surface area contributed by atoms with Gasteiger partial charge in [-0.2, -0.15) is 0 Å². The van der Waals surface area contributed by atoms with Crippen molar-refractivity contribution < 1.29 is 14.3 Å². The minimum atomic E-state index is -0.471. The summed E-state index contributed by atoms with van der Waals surface area (Å²) >= 11 is 0. The van der Waals surface area contributed by atoms with Crippen LogP contribution in [0.5, 0.6) is 0 Å². The molecule has 1 aromatic rings. The second kappa shape index (κ2) is 5.57. The van der Waals surface area contributed by atoms with Crippen molar-refractivity contribution in [1.29, 1.82) is 0 Å². The van der Waals surface area contributed by atoms with Crippen molar-refractivity contribution >= 4 is 11.6 Å². The number of nitrogens with zero attached hydrogens (tertiary/aromatic N) is 1. The summed E-state index contributed by atoms with van der Waals surface area (Å²) in [6.45, 7) is 2.12. The van der Waals surface area contributed by atoms with Crippen LogP contribution in [0, 0.1) is 12.7 Å². The zero-order chi connectivity index (χ0) is 14.0. The van der Waals surface area contributed by atoms with Gasteiger partial charge >= 0.3 is 0 Å². The molecule has 1 atom stereocenters. The van der Waals surface area contributed by atoms with Gasteiger partial charge in [0.15, 0.2) is 0 Å². The molecule has 0 radical (unpaired) electrons. The number of hydrogen-bond donors (Lipinski definition) is 2. The van der Waals surface area contributed by atoms with E-state index in [1.165, 1.54) is 12.1 Å². The van der Waals surface area contributed by atoms with E-state index in [0.717, 1.165) is 19.3 Å². The molecule has 1 aromatic carbocycles. The van der Waals surface area contributed by atoms with Crippen LogP contribution in [0.2, 0.25) is 0 Å². The zero-order valence-electron chi connectivity index (χ0n) is 11.0. The lowest BCUT2D eigenvalue weighted by Gasteiger charge is -2.34. The number of piperidine rings is 1. The van der Waals surface area contributed by atoms with Crippen LogP contribution in [-0.4, -0.2) is 35.1 Å². The van der Waals surface area contributed by atoms with Crippen molar-refractivity contribution in [2.75, 3.05) is 18.9 Å². The zero-order valence-corrected chi connectivity index (χ0v) is 11.0. The molecule has 5 heteroatoms. The Kier molecular flexibility index (Phi) is 4.04. The molecule has 1 saturated heterocycles. The second-order valence-corrected chi connectivity index (χ2v) is 5.00. The molecule has 1 unspecified atom stereocenters. The quantitative estimate of drug-likeness (QED) is 0.801. The Labute approximate surface area is 112 Å². The number of aliphatic hydroxyl groups is 1. The summed E-state index contributed by atoms with van der Waals surface area (Å²) in [5.74, 6) is -0.731. The molecule has 4 nitrogen and oxygen atoms in total. The van der Waals surface area contributed by atoms with Gasteiger partial charge in [-0.15, -0.1) is 0 Å². The average Bonchev–Trinajstić information content (AvgIpc) is 2.43. The first-order valence-corrected chi connectivity index (χ1v) is 6.52. The number of anilines is 1. The van der Waals surface area contributed by atoms with E-state index in [9.17, 15) is 14.3 Å². The summed E-state index contributed by atoms with van der Waals surface area (Å²) in [5.41, 5.74) is 6.58. The topological polar surface area (TPSA) is 66.6 Å². The molecule has 1 fully saturated rings. The molecule has 0 aliphatic carbocycles. The molecule has 0 bridgehead atoms. The van der Waals surface area contributed by atoms with Crippen LogP contribution in [0.3, 0.4) is 0 Å². The summed E-state index contributed by atoms with van der Waals surface area (Å²) in [7, 11) is 0. The van der Waals surface area contributed by atoms with E-state index in [-0.39, 0.29) is 29.8 Å². The predicted molar refractivity (Wildman–Crippen MR) is 71.3 cm³/mol. The monoisotopic (exact) mass is 266 g/mol. The van der Waals surface area contributed by atoms with E-state index >= 15 is 0 Å². The number of carbonyl (C=O) groups excluding carboxylic acids is 1. The van der Waals surface area contributed by atoms with Crippen molar-refractivity contribution in [3.63, 3.8) is 0 Å². The molecule has 2 rings (SSSR count). The third-order valence-electron chi connectivity index (χ3n) is 3.73. The molecule has 0 spiro atoms. The smallest absolute Gasteiger partial charge is 0.254 e. The summed E-state index contributed by atoms with van der Waals surface area (Å²) < 4.78 is 13.6. The van der Waals surface area contributed by atoms with Crippen LogP contribution in [0.15, 0.2) is 12.1 Å². The van der Waals surface area contributed by atoms with Crippen LogP contribution in [-0.2, 0) is 0 Å². The largest absolute Gasteiger partial charge is 0.398 e. The molecule has 19 heavy (non-hydrogen) atoms. The van der Waals surface area contributed by atoms with Crippen molar-refractivity contribution in [2.45, 2.75) is 32.2 Å². The van der Waals surface area contributed by atoms with Gasteiger partial charge in [-0.25, -0.2) is 4.39 Å². The highest BCUT2D eigenvalue weighted by Crippen LogP contribution is 2.23. The predicted octanol–water partition coefficient (Wildman–Crippen LogP) is 1.70. The normalized spacial score (nSPS) is 19.5. The second-order valence-electron chi connectivity index (χ2n) is 5.00. The van der Waals surface area contributed by atoms with Gasteiger partial charge in [0.1, 0.15) is 5.82 Å². The van der Waals surface area contributed by atoms with Crippen molar-refractivity contribution in [3.8, 4) is 0 Å². The van der Waals surface area contributed by atoms with Crippen LogP contribution in [0.25, 0.3) is 0 Å². The summed E-state index contributed by atoms with van der Waals surface area (Å²) in [5, 5.41) is 9.32. The highest BCUT2D eigenvalue weighted by Gasteiger charge is 2.27. The van der Waals surface area contributed by atoms with Gasteiger partial charge in [0.25, 0.3) is 5.91 Å². The first kappa shape index (κ1) is 13.8. The molecule has 1 amide bonds. The molecule has 0 aromatic heterocycles. The minimum absolute atomic E-state index is 0.0600. The number of amides is 1. The number of carbonyl (C=O) groups is 1. The first-order chi connectivity index (χ1) is 9.04. The third kappa shape index (κ3) is 2.71. The van der Waals surface area contributed by atoms with Crippen LogP contribution in [0.1, 0.15) is 35.2 Å². The van der Waals surface area contributed by atoms with E-state index < -0.39 is 5.82 Å². The first-order valence-electron chi connectivity index (χ1n) is 6.52. The van der Waals surface area contributed by atoms with Gasteiger partial charge < -0.3 is 15.7 Å². The lowest BCUT2D eigenvalue weighted by atomic mass is 10.0. The Bertz CT molecular complexity index is 467. The minimum Gasteiger partial charge on any atom is -0.398 e. The van der Waals surface area contributed by atoms with Crippen molar-refractivity contribution in [1.82, 2.24) is 4.90 Å². The lowest BCUT2D eigenvalue weighted by Crippen LogP contribution is -2.45. The van der Waals surface area contributed by atoms with Gasteiger partial charge in [0, 0.05) is 23.4 Å². The number of aliphatic hydroxyl groups excluding tert-OH is 1. The SMILES string of the molecule is Cc1c(N)cc(C(=O)N2CCCCC2CO)cc1F. The molecule has 1 aliphatic heterocycles. The van der Waals surface area contributed by atoms with E-state index in [1.54, 1.807) is 11.8 Å². The van der Waals surface area contributed by atoms with Gasteiger partial charge in [0.2, 0.25) is 0 Å². The molecule has 3 N–H and O–H groups in total. The highest BCUT2D eigenvalue weighted by molar-refractivity contribution is 5.95. The third-order valence-corrected chi connectivity index (χ3v) is 3.73. The number of nitrogens with two attached hydrogens (primary N) is 1. The molecular formula is C14H19FN2O2. The summed E-state index contributed by atoms with van der Waals surface area (Å²) in [6.07, 6.45) is 2.69. The number of hydrogen-bond acceptors (Lipinski definition) is 3. The Morgan fingerprint density at radius 3 is 2.89 bits per heavy atom. The van der Waals surface area contributed by atoms with Crippen LogP contribution in [0.4, 0.5) is 10.1 Å². The number of halogens is 1. The van der Waals surface area contributed by atoms with Gasteiger partial charge in [0.05, 0.1) is 12.6 Å². The number of benzene rings is 1. The maximum atomic E-state index is 13.6. The number of likely N-dealkylation sites (tertiary alicyclic amines) is 1. The van der Waals surface area contributed by atoms with Gasteiger partial charge in [-0.05, 0) is 38.3 Å².